The summed E-state index contributed by atoms with van der Waals surface area (Å²) in [4.78, 5) is 13.8. The van der Waals surface area contributed by atoms with E-state index in [0.717, 1.165) is 19.6 Å². The number of hydrogen-bond acceptors (Lipinski definition) is 4. The number of rotatable bonds is 1. The van der Waals surface area contributed by atoms with E-state index in [1.807, 2.05) is 0 Å². The number of fused-ring (bicyclic) bond motifs is 1. The van der Waals surface area contributed by atoms with E-state index in [9.17, 15) is 4.79 Å². The van der Waals surface area contributed by atoms with E-state index in [1.165, 1.54) is 0 Å². The SMILES string of the molecule is CCN1CC2(C1)NC1OC1NC2=O. The Balaban J connectivity index is 1.73. The third kappa shape index (κ3) is 0.948. The molecule has 2 atom stereocenters. The van der Waals surface area contributed by atoms with Gasteiger partial charge in [-0.25, -0.2) is 0 Å². The predicted molar refractivity (Wildman–Crippen MR) is 44.8 cm³/mol. The zero-order valence-corrected chi connectivity index (χ0v) is 7.54. The molecule has 1 amide bonds. The lowest BCUT2D eigenvalue weighted by Crippen LogP contribution is -2.78. The zero-order chi connectivity index (χ0) is 9.05. The summed E-state index contributed by atoms with van der Waals surface area (Å²) in [5.74, 6) is 0.0935. The van der Waals surface area contributed by atoms with Gasteiger partial charge in [-0.2, -0.15) is 0 Å². The lowest BCUT2D eigenvalue weighted by Gasteiger charge is -2.49. The molecule has 5 heteroatoms. The molecule has 0 saturated carbocycles. The number of hydrogen-bond donors (Lipinski definition) is 2. The van der Waals surface area contributed by atoms with Crippen molar-refractivity contribution in [3.05, 3.63) is 0 Å². The Labute approximate surface area is 76.4 Å². The standard InChI is InChI=1S/C8H13N3O2/c1-2-11-3-8(4-11)7(12)9-5-6(10-8)13-5/h5-6,10H,2-4H2,1H3,(H,9,12). The Kier molecular flexibility index (Phi) is 1.33. The summed E-state index contributed by atoms with van der Waals surface area (Å²) >= 11 is 0. The van der Waals surface area contributed by atoms with Gasteiger partial charge < -0.3 is 10.1 Å². The van der Waals surface area contributed by atoms with Crippen molar-refractivity contribution >= 4 is 5.91 Å². The molecule has 0 aromatic rings. The zero-order valence-electron chi connectivity index (χ0n) is 7.54. The van der Waals surface area contributed by atoms with Crippen LogP contribution in [-0.2, 0) is 9.53 Å². The molecule has 3 aliphatic heterocycles. The Morgan fingerprint density at radius 2 is 2.38 bits per heavy atom. The fraction of sp³-hybridized carbons (Fsp3) is 0.875. The molecule has 0 aliphatic carbocycles. The maximum atomic E-state index is 11.6. The molecule has 3 aliphatic rings. The monoisotopic (exact) mass is 183 g/mol. The largest absolute Gasteiger partial charge is 0.331 e. The first-order valence-electron chi connectivity index (χ1n) is 4.70. The van der Waals surface area contributed by atoms with Crippen LogP contribution >= 0.6 is 0 Å². The number of likely N-dealkylation sites (tertiary alicyclic amines) is 1. The van der Waals surface area contributed by atoms with Crippen molar-refractivity contribution in [3.63, 3.8) is 0 Å². The number of nitrogens with zero attached hydrogens (tertiary/aromatic N) is 1. The number of carbonyl (C=O) groups is 1. The summed E-state index contributed by atoms with van der Waals surface area (Å²) in [6.07, 6.45) is 0.00510. The Morgan fingerprint density at radius 3 is 3.08 bits per heavy atom. The predicted octanol–water partition coefficient (Wildman–Crippen LogP) is -1.54. The van der Waals surface area contributed by atoms with Gasteiger partial charge >= 0.3 is 0 Å². The Morgan fingerprint density at radius 1 is 1.62 bits per heavy atom. The van der Waals surface area contributed by atoms with E-state index in [2.05, 4.69) is 22.5 Å². The molecule has 13 heavy (non-hydrogen) atoms. The summed E-state index contributed by atoms with van der Waals surface area (Å²) in [5, 5.41) is 6.08. The molecule has 72 valence electrons. The van der Waals surface area contributed by atoms with Gasteiger partial charge in [-0.15, -0.1) is 0 Å². The van der Waals surface area contributed by atoms with Crippen LogP contribution in [0.1, 0.15) is 6.92 Å². The molecular formula is C8H13N3O2. The molecule has 3 heterocycles. The van der Waals surface area contributed by atoms with E-state index in [-0.39, 0.29) is 23.9 Å². The van der Waals surface area contributed by atoms with Crippen molar-refractivity contribution in [2.45, 2.75) is 24.9 Å². The highest BCUT2D eigenvalue weighted by atomic mass is 16.6. The number of nitrogens with one attached hydrogen (secondary N) is 2. The second-order valence-electron chi connectivity index (χ2n) is 3.98. The van der Waals surface area contributed by atoms with Gasteiger partial charge in [0.2, 0.25) is 5.91 Å². The molecule has 0 bridgehead atoms. The van der Waals surface area contributed by atoms with Crippen molar-refractivity contribution < 1.29 is 9.53 Å². The van der Waals surface area contributed by atoms with Gasteiger partial charge in [0.05, 0.1) is 0 Å². The van der Waals surface area contributed by atoms with Crippen LogP contribution in [0.2, 0.25) is 0 Å². The fourth-order valence-corrected chi connectivity index (χ4v) is 2.11. The van der Waals surface area contributed by atoms with E-state index in [0.29, 0.717) is 0 Å². The van der Waals surface area contributed by atoms with Crippen LogP contribution in [0.15, 0.2) is 0 Å². The highest BCUT2D eigenvalue weighted by Crippen LogP contribution is 2.31. The summed E-state index contributed by atoms with van der Waals surface area (Å²) < 4.78 is 5.19. The number of carbonyl (C=O) groups excluding carboxylic acids is 1. The molecule has 0 radical (unpaired) electrons. The third-order valence-electron chi connectivity index (χ3n) is 3.05. The van der Waals surface area contributed by atoms with Crippen molar-refractivity contribution in [2.24, 2.45) is 0 Å². The van der Waals surface area contributed by atoms with Gasteiger partial charge in [0.15, 0.2) is 12.5 Å². The minimum absolute atomic E-state index is 0.0613. The quantitative estimate of drug-likeness (QED) is 0.484. The van der Waals surface area contributed by atoms with Gasteiger partial charge in [0.25, 0.3) is 0 Å². The lowest BCUT2D eigenvalue weighted by molar-refractivity contribution is -0.137. The van der Waals surface area contributed by atoms with Crippen LogP contribution in [0, 0.1) is 0 Å². The van der Waals surface area contributed by atoms with Gasteiger partial charge in [0.1, 0.15) is 5.54 Å². The van der Waals surface area contributed by atoms with Gasteiger partial charge in [-0.3, -0.25) is 15.0 Å². The topological polar surface area (TPSA) is 56.9 Å². The molecule has 1 spiro atoms. The Hall–Kier alpha value is -0.650. The van der Waals surface area contributed by atoms with E-state index in [1.54, 1.807) is 0 Å². The number of epoxide rings is 1. The second kappa shape index (κ2) is 2.23. The van der Waals surface area contributed by atoms with Crippen molar-refractivity contribution in [3.8, 4) is 0 Å². The van der Waals surface area contributed by atoms with Crippen LogP contribution in [0.5, 0.6) is 0 Å². The number of ether oxygens (including phenoxy) is 1. The maximum absolute atomic E-state index is 11.6. The summed E-state index contributed by atoms with van der Waals surface area (Å²) in [7, 11) is 0. The van der Waals surface area contributed by atoms with E-state index >= 15 is 0 Å². The minimum atomic E-state index is -0.353. The van der Waals surface area contributed by atoms with E-state index in [4.69, 9.17) is 4.74 Å². The average Bonchev–Trinajstić information content (AvgIpc) is 2.76. The molecule has 3 saturated heterocycles. The molecule has 2 N–H and O–H groups in total. The van der Waals surface area contributed by atoms with Crippen LogP contribution in [0.4, 0.5) is 0 Å². The van der Waals surface area contributed by atoms with Crippen molar-refractivity contribution in [2.75, 3.05) is 19.6 Å². The van der Waals surface area contributed by atoms with Gasteiger partial charge in [-0.05, 0) is 6.54 Å². The van der Waals surface area contributed by atoms with Crippen LogP contribution in [0.3, 0.4) is 0 Å². The first kappa shape index (κ1) is 7.73. The highest BCUT2D eigenvalue weighted by Gasteiger charge is 2.59. The molecule has 5 nitrogen and oxygen atoms in total. The third-order valence-corrected chi connectivity index (χ3v) is 3.05. The van der Waals surface area contributed by atoms with Crippen molar-refractivity contribution in [1.29, 1.82) is 0 Å². The maximum Gasteiger partial charge on any atom is 0.245 e. The highest BCUT2D eigenvalue weighted by molar-refractivity contribution is 5.89. The fourth-order valence-electron chi connectivity index (χ4n) is 2.11. The number of likely N-dealkylation sites (N-methyl/N-ethyl adjacent to an activating group) is 1. The Bertz CT molecular complexity index is 262. The molecule has 2 unspecified atom stereocenters. The first-order valence-corrected chi connectivity index (χ1v) is 4.70. The number of piperazine rings is 1. The van der Waals surface area contributed by atoms with Crippen LogP contribution in [0.25, 0.3) is 0 Å². The molecule has 0 aromatic heterocycles. The van der Waals surface area contributed by atoms with Gasteiger partial charge in [0, 0.05) is 13.1 Å². The summed E-state index contributed by atoms with van der Waals surface area (Å²) in [5.41, 5.74) is -0.353. The molecule has 3 rings (SSSR count). The normalized spacial score (nSPS) is 40.8. The van der Waals surface area contributed by atoms with Crippen molar-refractivity contribution in [1.82, 2.24) is 15.5 Å². The number of amides is 1. The first-order chi connectivity index (χ1) is 6.23. The van der Waals surface area contributed by atoms with Crippen LogP contribution in [-0.4, -0.2) is 48.4 Å². The smallest absolute Gasteiger partial charge is 0.245 e. The minimum Gasteiger partial charge on any atom is -0.331 e. The average molecular weight is 183 g/mol. The summed E-state index contributed by atoms with van der Waals surface area (Å²) in [6, 6.07) is 0. The molecular weight excluding hydrogens is 170 g/mol. The van der Waals surface area contributed by atoms with Gasteiger partial charge in [-0.1, -0.05) is 6.92 Å². The van der Waals surface area contributed by atoms with Crippen LogP contribution < -0.4 is 10.6 Å². The van der Waals surface area contributed by atoms with E-state index < -0.39 is 0 Å². The summed E-state index contributed by atoms with van der Waals surface area (Å²) in [6.45, 7) is 4.72. The second-order valence-corrected chi connectivity index (χ2v) is 3.98. The lowest BCUT2D eigenvalue weighted by atomic mass is 9.87. The molecule has 0 aromatic carbocycles. The molecule has 3 fully saturated rings.